The first-order chi connectivity index (χ1) is 9.06. The van der Waals surface area contributed by atoms with Crippen molar-refractivity contribution in [1.29, 1.82) is 0 Å². The lowest BCUT2D eigenvalue weighted by atomic mass is 10.1. The molecule has 0 spiro atoms. The van der Waals surface area contributed by atoms with E-state index < -0.39 is 11.9 Å². The molecule has 1 atom stereocenters. The average molecular weight is 267 g/mol. The van der Waals surface area contributed by atoms with Crippen LogP contribution in [0.3, 0.4) is 0 Å². The van der Waals surface area contributed by atoms with Crippen LogP contribution in [0.5, 0.6) is 5.75 Å². The van der Waals surface area contributed by atoms with E-state index in [4.69, 9.17) is 9.84 Å². The molecule has 1 saturated heterocycles. The Kier molecular flexibility index (Phi) is 3.99. The normalized spacial score (nSPS) is 18.4. The highest BCUT2D eigenvalue weighted by molar-refractivity contribution is 5.79. The fourth-order valence-electron chi connectivity index (χ4n) is 1.96. The van der Waals surface area contributed by atoms with E-state index in [-0.39, 0.29) is 24.9 Å². The maximum Gasteiger partial charge on any atom is 0.308 e. The summed E-state index contributed by atoms with van der Waals surface area (Å²) in [6.45, 7) is 0.488. The van der Waals surface area contributed by atoms with Crippen molar-refractivity contribution < 1.29 is 23.8 Å². The van der Waals surface area contributed by atoms with Crippen LogP contribution in [0.15, 0.2) is 24.3 Å². The summed E-state index contributed by atoms with van der Waals surface area (Å²) < 4.78 is 17.9. The number of halogens is 1. The Hall–Kier alpha value is -2.11. The molecule has 1 aromatic rings. The second-order valence-corrected chi connectivity index (χ2v) is 4.41. The van der Waals surface area contributed by atoms with Crippen LogP contribution in [0.2, 0.25) is 0 Å². The number of aliphatic carboxylic acids is 1. The van der Waals surface area contributed by atoms with Crippen LogP contribution in [0.4, 0.5) is 4.39 Å². The molecule has 19 heavy (non-hydrogen) atoms. The van der Waals surface area contributed by atoms with Crippen LogP contribution < -0.4 is 4.74 Å². The molecule has 102 valence electrons. The van der Waals surface area contributed by atoms with E-state index in [0.717, 1.165) is 0 Å². The van der Waals surface area contributed by atoms with Gasteiger partial charge >= 0.3 is 5.97 Å². The molecule has 1 N–H and O–H groups in total. The largest absolute Gasteiger partial charge is 0.484 e. The van der Waals surface area contributed by atoms with E-state index in [1.807, 2.05) is 0 Å². The third-order valence-electron chi connectivity index (χ3n) is 3.07. The fourth-order valence-corrected chi connectivity index (χ4v) is 1.96. The monoisotopic (exact) mass is 267 g/mol. The Morgan fingerprint density at radius 3 is 2.63 bits per heavy atom. The van der Waals surface area contributed by atoms with Crippen LogP contribution >= 0.6 is 0 Å². The van der Waals surface area contributed by atoms with Crippen LogP contribution in [-0.2, 0) is 9.59 Å². The predicted octanol–water partition coefficient (Wildman–Crippen LogP) is 1.14. The molecule has 0 aromatic heterocycles. The van der Waals surface area contributed by atoms with Gasteiger partial charge in [0.15, 0.2) is 6.61 Å². The molecule has 2 rings (SSSR count). The van der Waals surface area contributed by atoms with Crippen molar-refractivity contribution in [3.8, 4) is 5.75 Å². The molecule has 6 heteroatoms. The van der Waals surface area contributed by atoms with Gasteiger partial charge in [0.25, 0.3) is 5.91 Å². The molecule has 1 aromatic carbocycles. The highest BCUT2D eigenvalue weighted by Gasteiger charge is 2.30. The molecule has 1 aliphatic rings. The van der Waals surface area contributed by atoms with Gasteiger partial charge in [-0.15, -0.1) is 0 Å². The number of rotatable bonds is 4. The Balaban J connectivity index is 1.82. The van der Waals surface area contributed by atoms with Gasteiger partial charge in [-0.05, 0) is 30.7 Å². The van der Waals surface area contributed by atoms with Gasteiger partial charge in [0.05, 0.1) is 5.92 Å². The standard InChI is InChI=1S/C13H14FNO4/c14-10-1-3-11(4-2-10)19-8-12(16)15-6-5-9(7-15)13(17)18/h1-4,9H,5-8H2,(H,17,18). The zero-order valence-electron chi connectivity index (χ0n) is 10.2. The molecule has 1 amide bonds. The van der Waals surface area contributed by atoms with Gasteiger partial charge in [0.2, 0.25) is 0 Å². The second kappa shape index (κ2) is 5.69. The smallest absolute Gasteiger partial charge is 0.308 e. The van der Waals surface area contributed by atoms with E-state index in [2.05, 4.69) is 0 Å². The van der Waals surface area contributed by atoms with Crippen molar-refractivity contribution in [3.63, 3.8) is 0 Å². The first-order valence-corrected chi connectivity index (χ1v) is 5.95. The number of carboxylic acid groups (broad SMARTS) is 1. The highest BCUT2D eigenvalue weighted by Crippen LogP contribution is 2.17. The van der Waals surface area contributed by atoms with Crippen LogP contribution in [0, 0.1) is 11.7 Å². The van der Waals surface area contributed by atoms with Crippen molar-refractivity contribution >= 4 is 11.9 Å². The van der Waals surface area contributed by atoms with E-state index in [0.29, 0.717) is 18.7 Å². The summed E-state index contributed by atoms with van der Waals surface area (Å²) in [4.78, 5) is 24.0. The number of hydrogen-bond acceptors (Lipinski definition) is 3. The summed E-state index contributed by atoms with van der Waals surface area (Å²) in [5.74, 6) is -1.59. The van der Waals surface area contributed by atoms with Crippen molar-refractivity contribution in [2.24, 2.45) is 5.92 Å². The van der Waals surface area contributed by atoms with Crippen molar-refractivity contribution in [2.45, 2.75) is 6.42 Å². The highest BCUT2D eigenvalue weighted by atomic mass is 19.1. The van der Waals surface area contributed by atoms with E-state index >= 15 is 0 Å². The molecule has 0 saturated carbocycles. The van der Waals surface area contributed by atoms with Crippen molar-refractivity contribution in [3.05, 3.63) is 30.1 Å². The molecule has 0 radical (unpaired) electrons. The topological polar surface area (TPSA) is 66.8 Å². The lowest BCUT2D eigenvalue weighted by molar-refractivity contribution is -0.141. The number of carbonyl (C=O) groups is 2. The van der Waals surface area contributed by atoms with Crippen LogP contribution in [-0.4, -0.2) is 41.6 Å². The zero-order chi connectivity index (χ0) is 13.8. The SMILES string of the molecule is O=C(O)C1CCN(C(=O)COc2ccc(F)cc2)C1. The maximum atomic E-state index is 12.7. The fraction of sp³-hybridized carbons (Fsp3) is 0.385. The summed E-state index contributed by atoms with van der Waals surface area (Å²) in [5.41, 5.74) is 0. The third kappa shape index (κ3) is 3.43. The van der Waals surface area contributed by atoms with Crippen molar-refractivity contribution in [1.82, 2.24) is 4.90 Å². The van der Waals surface area contributed by atoms with Crippen molar-refractivity contribution in [2.75, 3.05) is 19.7 Å². The van der Waals surface area contributed by atoms with E-state index in [1.165, 1.54) is 29.2 Å². The zero-order valence-corrected chi connectivity index (χ0v) is 10.2. The summed E-state index contributed by atoms with van der Waals surface area (Å²) in [6.07, 6.45) is 0.470. The molecule has 0 bridgehead atoms. The average Bonchev–Trinajstić information content (AvgIpc) is 2.87. The molecule has 1 heterocycles. The quantitative estimate of drug-likeness (QED) is 0.888. The number of carbonyl (C=O) groups excluding carboxylic acids is 1. The number of nitrogens with zero attached hydrogens (tertiary/aromatic N) is 1. The minimum Gasteiger partial charge on any atom is -0.484 e. The number of amides is 1. The molecule has 5 nitrogen and oxygen atoms in total. The van der Waals surface area contributed by atoms with Gasteiger partial charge in [0, 0.05) is 13.1 Å². The Morgan fingerprint density at radius 2 is 2.05 bits per heavy atom. The number of likely N-dealkylation sites (tertiary alicyclic amines) is 1. The number of ether oxygens (including phenoxy) is 1. The number of carboxylic acids is 1. The lowest BCUT2D eigenvalue weighted by Crippen LogP contribution is -2.33. The predicted molar refractivity (Wildman–Crippen MR) is 64.2 cm³/mol. The molecular formula is C13H14FNO4. The van der Waals surface area contributed by atoms with Gasteiger partial charge < -0.3 is 14.7 Å². The Morgan fingerprint density at radius 1 is 1.37 bits per heavy atom. The summed E-state index contributed by atoms with van der Waals surface area (Å²) in [6, 6.07) is 5.37. The van der Waals surface area contributed by atoms with Gasteiger partial charge in [-0.25, -0.2) is 4.39 Å². The molecule has 1 unspecified atom stereocenters. The van der Waals surface area contributed by atoms with E-state index in [9.17, 15) is 14.0 Å². The van der Waals surface area contributed by atoms with Gasteiger partial charge in [-0.2, -0.15) is 0 Å². The summed E-state index contributed by atoms with van der Waals surface area (Å²) in [7, 11) is 0. The second-order valence-electron chi connectivity index (χ2n) is 4.41. The van der Waals surface area contributed by atoms with Gasteiger partial charge in [-0.3, -0.25) is 9.59 Å². The van der Waals surface area contributed by atoms with Gasteiger partial charge in [-0.1, -0.05) is 0 Å². The first-order valence-electron chi connectivity index (χ1n) is 5.95. The number of benzene rings is 1. The minimum atomic E-state index is -0.880. The van der Waals surface area contributed by atoms with E-state index in [1.54, 1.807) is 0 Å². The maximum absolute atomic E-state index is 12.7. The molecule has 0 aliphatic carbocycles. The molecular weight excluding hydrogens is 253 g/mol. The van der Waals surface area contributed by atoms with Crippen LogP contribution in [0.25, 0.3) is 0 Å². The Labute approximate surface area is 109 Å². The minimum absolute atomic E-state index is 0.169. The Bertz CT molecular complexity index is 474. The summed E-state index contributed by atoms with van der Waals surface area (Å²) in [5, 5.41) is 8.84. The first kappa shape index (κ1) is 13.3. The summed E-state index contributed by atoms with van der Waals surface area (Å²) >= 11 is 0. The molecule has 1 fully saturated rings. The molecule has 1 aliphatic heterocycles. The van der Waals surface area contributed by atoms with Crippen LogP contribution in [0.1, 0.15) is 6.42 Å². The van der Waals surface area contributed by atoms with Gasteiger partial charge in [0.1, 0.15) is 11.6 Å². The lowest BCUT2D eigenvalue weighted by Gasteiger charge is -2.16. The number of hydrogen-bond donors (Lipinski definition) is 1. The third-order valence-corrected chi connectivity index (χ3v) is 3.07.